The minimum absolute atomic E-state index is 0.0376. The van der Waals surface area contributed by atoms with Crippen LogP contribution in [0.4, 0.5) is 0 Å². The number of hydrogen-bond acceptors (Lipinski definition) is 5. The summed E-state index contributed by atoms with van der Waals surface area (Å²) in [6.45, 7) is 2.67. The molecular formula is C18H20N2O2S2. The van der Waals surface area contributed by atoms with E-state index >= 15 is 0 Å². The fraction of sp³-hybridized carbons (Fsp3) is 0.444. The standard InChI is InChI=1S/C18H20N2O2S2/c1-12-11-15(19-22-12)16-3-2-8-20(16)17(21)13-4-6-14(7-5-13)18-23-9-10-24-18/h4-7,11,16,18H,2-3,8-10H2,1H3/t16-/m1/s1. The largest absolute Gasteiger partial charge is 0.361 e. The van der Waals surface area contributed by atoms with Crippen molar-refractivity contribution in [1.29, 1.82) is 0 Å². The zero-order valence-electron chi connectivity index (χ0n) is 13.6. The van der Waals surface area contributed by atoms with Crippen LogP contribution in [-0.4, -0.2) is 34.0 Å². The van der Waals surface area contributed by atoms with Crippen molar-refractivity contribution < 1.29 is 9.32 Å². The van der Waals surface area contributed by atoms with E-state index in [-0.39, 0.29) is 11.9 Å². The molecular weight excluding hydrogens is 340 g/mol. The van der Waals surface area contributed by atoms with Gasteiger partial charge in [0.05, 0.1) is 10.6 Å². The zero-order valence-corrected chi connectivity index (χ0v) is 15.2. The number of aromatic nitrogens is 1. The summed E-state index contributed by atoms with van der Waals surface area (Å²) in [7, 11) is 0. The van der Waals surface area contributed by atoms with Crippen molar-refractivity contribution in [1.82, 2.24) is 10.1 Å². The topological polar surface area (TPSA) is 46.3 Å². The molecule has 126 valence electrons. The van der Waals surface area contributed by atoms with Gasteiger partial charge < -0.3 is 9.42 Å². The summed E-state index contributed by atoms with van der Waals surface area (Å²) in [6, 6.07) is 10.1. The zero-order chi connectivity index (χ0) is 16.5. The monoisotopic (exact) mass is 360 g/mol. The van der Waals surface area contributed by atoms with E-state index in [1.807, 2.05) is 53.5 Å². The quantitative estimate of drug-likeness (QED) is 0.810. The van der Waals surface area contributed by atoms with Crippen LogP contribution in [0.5, 0.6) is 0 Å². The summed E-state index contributed by atoms with van der Waals surface area (Å²) < 4.78 is 5.71. The van der Waals surface area contributed by atoms with Gasteiger partial charge in [-0.15, -0.1) is 23.5 Å². The average molecular weight is 361 g/mol. The lowest BCUT2D eigenvalue weighted by atomic mass is 10.1. The second-order valence-electron chi connectivity index (χ2n) is 6.21. The van der Waals surface area contributed by atoms with E-state index in [0.29, 0.717) is 4.58 Å². The first-order valence-electron chi connectivity index (χ1n) is 8.30. The molecule has 1 amide bonds. The van der Waals surface area contributed by atoms with Crippen LogP contribution in [0.3, 0.4) is 0 Å². The first-order valence-corrected chi connectivity index (χ1v) is 10.4. The molecule has 0 spiro atoms. The Balaban J connectivity index is 1.52. The summed E-state index contributed by atoms with van der Waals surface area (Å²) >= 11 is 3.97. The number of carbonyl (C=O) groups excluding carboxylic acids is 1. The molecule has 1 aromatic carbocycles. The van der Waals surface area contributed by atoms with Gasteiger partial charge in [-0.3, -0.25) is 4.79 Å². The average Bonchev–Trinajstić information content (AvgIpc) is 3.35. The Labute approximate surface area is 150 Å². The third-order valence-corrected chi connectivity index (χ3v) is 7.66. The van der Waals surface area contributed by atoms with E-state index in [1.165, 1.54) is 17.1 Å². The van der Waals surface area contributed by atoms with Gasteiger partial charge in [0.25, 0.3) is 5.91 Å². The highest BCUT2D eigenvalue weighted by atomic mass is 32.2. The fourth-order valence-corrected chi connectivity index (χ4v) is 6.22. The molecule has 1 aromatic heterocycles. The summed E-state index contributed by atoms with van der Waals surface area (Å²) in [5.41, 5.74) is 2.94. The molecule has 4 nitrogen and oxygen atoms in total. The lowest BCUT2D eigenvalue weighted by Gasteiger charge is -2.23. The predicted octanol–water partition coefficient (Wildman–Crippen LogP) is 4.44. The highest BCUT2D eigenvalue weighted by Crippen LogP contribution is 2.45. The summed E-state index contributed by atoms with van der Waals surface area (Å²) in [5, 5.41) is 4.12. The third-order valence-electron chi connectivity index (χ3n) is 4.55. The number of carbonyl (C=O) groups is 1. The summed E-state index contributed by atoms with van der Waals surface area (Å²) in [6.07, 6.45) is 1.96. The molecule has 0 radical (unpaired) electrons. The maximum absolute atomic E-state index is 12.9. The molecule has 0 aliphatic carbocycles. The Kier molecular flexibility index (Phi) is 4.59. The van der Waals surface area contributed by atoms with Crippen LogP contribution in [0.2, 0.25) is 0 Å². The van der Waals surface area contributed by atoms with Gasteiger partial charge in [-0.25, -0.2) is 0 Å². The molecule has 2 aliphatic rings. The molecule has 0 unspecified atom stereocenters. The van der Waals surface area contributed by atoms with Crippen molar-refractivity contribution in [2.45, 2.75) is 30.4 Å². The Morgan fingerprint density at radius 2 is 2.00 bits per heavy atom. The van der Waals surface area contributed by atoms with Crippen molar-refractivity contribution in [3.8, 4) is 0 Å². The molecule has 2 saturated heterocycles. The Hall–Kier alpha value is -1.40. The molecule has 0 saturated carbocycles. The SMILES string of the molecule is Cc1cc([C@H]2CCCN2C(=O)c2ccc(C3SCCS3)cc2)no1. The first-order chi connectivity index (χ1) is 11.7. The van der Waals surface area contributed by atoms with Crippen molar-refractivity contribution in [2.75, 3.05) is 18.1 Å². The van der Waals surface area contributed by atoms with E-state index in [0.717, 1.165) is 36.4 Å². The normalized spacial score (nSPS) is 21.5. The predicted molar refractivity (Wildman–Crippen MR) is 98.4 cm³/mol. The van der Waals surface area contributed by atoms with E-state index in [9.17, 15) is 4.79 Å². The maximum atomic E-state index is 12.9. The summed E-state index contributed by atoms with van der Waals surface area (Å²) in [4.78, 5) is 14.9. The van der Waals surface area contributed by atoms with Crippen LogP contribution < -0.4 is 0 Å². The minimum atomic E-state index is 0.0376. The van der Waals surface area contributed by atoms with Crippen molar-refractivity contribution in [2.24, 2.45) is 0 Å². The number of likely N-dealkylation sites (tertiary alicyclic amines) is 1. The number of rotatable bonds is 3. The van der Waals surface area contributed by atoms with Gasteiger partial charge >= 0.3 is 0 Å². The van der Waals surface area contributed by atoms with Crippen LogP contribution in [0.25, 0.3) is 0 Å². The molecule has 24 heavy (non-hydrogen) atoms. The van der Waals surface area contributed by atoms with Gasteiger partial charge in [0.2, 0.25) is 0 Å². The number of hydrogen-bond donors (Lipinski definition) is 0. The van der Waals surface area contributed by atoms with Crippen LogP contribution in [0, 0.1) is 6.92 Å². The van der Waals surface area contributed by atoms with Gasteiger partial charge in [-0.05, 0) is 37.5 Å². The van der Waals surface area contributed by atoms with Crippen LogP contribution in [0.1, 0.15) is 50.8 Å². The lowest BCUT2D eigenvalue weighted by molar-refractivity contribution is 0.0731. The molecule has 2 aromatic rings. The number of amides is 1. The van der Waals surface area contributed by atoms with Crippen molar-refractivity contribution >= 4 is 29.4 Å². The van der Waals surface area contributed by atoms with Gasteiger partial charge in [0, 0.05) is 29.7 Å². The first kappa shape index (κ1) is 16.1. The smallest absolute Gasteiger partial charge is 0.254 e. The lowest BCUT2D eigenvalue weighted by Crippen LogP contribution is -2.30. The fourth-order valence-electron chi connectivity index (χ4n) is 3.36. The number of thioether (sulfide) groups is 2. The molecule has 0 bridgehead atoms. The molecule has 2 aliphatic heterocycles. The third kappa shape index (κ3) is 3.09. The number of benzene rings is 1. The second-order valence-corrected chi connectivity index (χ2v) is 8.94. The molecule has 2 fully saturated rings. The molecule has 1 atom stereocenters. The molecule has 0 N–H and O–H groups in total. The Morgan fingerprint density at radius 3 is 2.67 bits per heavy atom. The van der Waals surface area contributed by atoms with E-state index in [1.54, 1.807) is 0 Å². The highest BCUT2D eigenvalue weighted by molar-refractivity contribution is 8.19. The van der Waals surface area contributed by atoms with E-state index in [4.69, 9.17) is 4.52 Å². The van der Waals surface area contributed by atoms with E-state index in [2.05, 4.69) is 17.3 Å². The summed E-state index contributed by atoms with van der Waals surface area (Å²) in [5.74, 6) is 3.31. The van der Waals surface area contributed by atoms with Crippen molar-refractivity contribution in [3.05, 3.63) is 52.9 Å². The Morgan fingerprint density at radius 1 is 1.25 bits per heavy atom. The number of nitrogens with zero attached hydrogens (tertiary/aromatic N) is 2. The van der Waals surface area contributed by atoms with Gasteiger partial charge in [0.15, 0.2) is 0 Å². The minimum Gasteiger partial charge on any atom is -0.361 e. The van der Waals surface area contributed by atoms with Crippen LogP contribution in [-0.2, 0) is 0 Å². The molecule has 4 rings (SSSR count). The molecule has 6 heteroatoms. The van der Waals surface area contributed by atoms with Crippen LogP contribution in [0.15, 0.2) is 34.9 Å². The maximum Gasteiger partial charge on any atom is 0.254 e. The van der Waals surface area contributed by atoms with Crippen molar-refractivity contribution in [3.63, 3.8) is 0 Å². The number of aryl methyl sites for hydroxylation is 1. The van der Waals surface area contributed by atoms with Crippen LogP contribution >= 0.6 is 23.5 Å². The molecule has 3 heterocycles. The second kappa shape index (κ2) is 6.84. The highest BCUT2D eigenvalue weighted by Gasteiger charge is 2.32. The van der Waals surface area contributed by atoms with Gasteiger partial charge in [0.1, 0.15) is 11.5 Å². The van der Waals surface area contributed by atoms with E-state index < -0.39 is 0 Å². The van der Waals surface area contributed by atoms with Gasteiger partial charge in [-0.1, -0.05) is 17.3 Å². The Bertz CT molecular complexity index is 723. The van der Waals surface area contributed by atoms with Gasteiger partial charge in [-0.2, -0.15) is 0 Å².